The molecule has 9 nitrogen and oxygen atoms in total. The van der Waals surface area contributed by atoms with E-state index in [1.165, 1.54) is 11.8 Å². The van der Waals surface area contributed by atoms with Crippen molar-refractivity contribution in [1.82, 2.24) is 29.3 Å². The molecular formula is C24H23Cl2N7O2. The van der Waals surface area contributed by atoms with Crippen LogP contribution in [0.25, 0.3) is 16.7 Å². The van der Waals surface area contributed by atoms with Gasteiger partial charge < -0.3 is 10.2 Å². The monoisotopic (exact) mass is 511 g/mol. The van der Waals surface area contributed by atoms with Crippen LogP contribution in [0, 0.1) is 0 Å². The summed E-state index contributed by atoms with van der Waals surface area (Å²) in [4.78, 5) is 41.8. The Bertz CT molecular complexity index is 1470. The van der Waals surface area contributed by atoms with Crippen LogP contribution in [0.15, 0.2) is 58.3 Å². The Balaban J connectivity index is 1.38. The fourth-order valence-electron chi connectivity index (χ4n) is 4.06. The molecule has 180 valence electrons. The van der Waals surface area contributed by atoms with Crippen molar-refractivity contribution in [3.8, 4) is 5.69 Å². The summed E-state index contributed by atoms with van der Waals surface area (Å²) in [5.41, 5.74) is 0.938. The van der Waals surface area contributed by atoms with E-state index in [4.69, 9.17) is 23.2 Å². The molecule has 11 heteroatoms. The number of H-pyrrole nitrogens is 1. The SMILES string of the molecule is CN1CCN(Cc2ccc(Nc3ncc4c(=O)n(-c5c(Cl)cccc5Cl)c(=O)[nH]c4n3)cc2)CC1. The van der Waals surface area contributed by atoms with Crippen LogP contribution in [0.2, 0.25) is 10.0 Å². The van der Waals surface area contributed by atoms with E-state index in [-0.39, 0.29) is 32.7 Å². The quantitative estimate of drug-likeness (QED) is 0.424. The Morgan fingerprint density at radius 1 is 1.00 bits per heavy atom. The third-order valence-electron chi connectivity index (χ3n) is 6.02. The van der Waals surface area contributed by atoms with Crippen molar-refractivity contribution in [2.45, 2.75) is 6.54 Å². The molecule has 1 aliphatic rings. The van der Waals surface area contributed by atoms with E-state index in [1.54, 1.807) is 18.2 Å². The highest BCUT2D eigenvalue weighted by molar-refractivity contribution is 6.37. The van der Waals surface area contributed by atoms with Crippen molar-refractivity contribution in [2.24, 2.45) is 0 Å². The minimum absolute atomic E-state index is 0.114. The van der Waals surface area contributed by atoms with Crippen LogP contribution in [-0.4, -0.2) is 62.5 Å². The minimum Gasteiger partial charge on any atom is -0.324 e. The Morgan fingerprint density at radius 3 is 2.37 bits per heavy atom. The standard InChI is InChI=1S/C24H23Cl2N7O2/c1-31-9-11-32(12-10-31)14-15-5-7-16(8-6-15)28-23-27-13-17-21(29-23)30-24(35)33(22(17)34)20-18(25)3-2-4-19(20)26/h2-8,13H,9-12,14H2,1H3,(H2,27,28,29,30,35). The summed E-state index contributed by atoms with van der Waals surface area (Å²) < 4.78 is 0.891. The third-order valence-corrected chi connectivity index (χ3v) is 6.63. The molecule has 1 fully saturated rings. The van der Waals surface area contributed by atoms with Gasteiger partial charge in [0, 0.05) is 44.6 Å². The Labute approximate surface area is 210 Å². The van der Waals surface area contributed by atoms with Gasteiger partial charge in [0.25, 0.3) is 5.56 Å². The van der Waals surface area contributed by atoms with Gasteiger partial charge in [0.2, 0.25) is 5.95 Å². The number of para-hydroxylation sites is 1. The Hall–Kier alpha value is -3.24. The molecule has 0 amide bonds. The van der Waals surface area contributed by atoms with Crippen LogP contribution in [0.5, 0.6) is 0 Å². The van der Waals surface area contributed by atoms with Gasteiger partial charge in [0.15, 0.2) is 5.65 Å². The second-order valence-corrected chi connectivity index (χ2v) is 9.31. The van der Waals surface area contributed by atoms with Gasteiger partial charge in [0.1, 0.15) is 5.39 Å². The van der Waals surface area contributed by atoms with E-state index >= 15 is 0 Å². The molecule has 0 unspecified atom stereocenters. The lowest BCUT2D eigenvalue weighted by molar-refractivity contribution is 0.148. The van der Waals surface area contributed by atoms with Gasteiger partial charge in [-0.3, -0.25) is 14.7 Å². The van der Waals surface area contributed by atoms with Gasteiger partial charge in [-0.2, -0.15) is 4.98 Å². The molecule has 2 aromatic carbocycles. The number of rotatable bonds is 5. The molecule has 4 aromatic rings. The van der Waals surface area contributed by atoms with E-state index in [2.05, 4.69) is 49.2 Å². The average molecular weight is 512 g/mol. The Kier molecular flexibility index (Phi) is 6.57. The van der Waals surface area contributed by atoms with Crippen molar-refractivity contribution in [3.63, 3.8) is 0 Å². The fourth-order valence-corrected chi connectivity index (χ4v) is 4.62. The molecule has 1 saturated heterocycles. The summed E-state index contributed by atoms with van der Waals surface area (Å²) in [5, 5.41) is 3.61. The highest BCUT2D eigenvalue weighted by atomic mass is 35.5. The predicted octanol–water partition coefficient (Wildman–Crippen LogP) is 3.27. The normalized spacial score (nSPS) is 14.9. The summed E-state index contributed by atoms with van der Waals surface area (Å²) in [5.74, 6) is 0.257. The molecule has 0 radical (unpaired) electrons. The lowest BCUT2D eigenvalue weighted by Crippen LogP contribution is -2.43. The summed E-state index contributed by atoms with van der Waals surface area (Å²) in [6.07, 6.45) is 1.37. The molecule has 2 N–H and O–H groups in total. The topological polar surface area (TPSA) is 99.1 Å². The molecule has 0 aliphatic carbocycles. The maximum atomic E-state index is 13.1. The number of anilines is 2. The van der Waals surface area contributed by atoms with Crippen LogP contribution in [0.4, 0.5) is 11.6 Å². The first-order chi connectivity index (χ1) is 16.9. The summed E-state index contributed by atoms with van der Waals surface area (Å²) >= 11 is 12.4. The fraction of sp³-hybridized carbons (Fsp3) is 0.250. The zero-order valence-corrected chi connectivity index (χ0v) is 20.5. The summed E-state index contributed by atoms with van der Waals surface area (Å²) in [6, 6.07) is 12.8. The molecule has 5 rings (SSSR count). The zero-order valence-electron chi connectivity index (χ0n) is 19.0. The molecule has 0 saturated carbocycles. The molecule has 3 heterocycles. The van der Waals surface area contributed by atoms with Gasteiger partial charge in [-0.05, 0) is 36.9 Å². The second-order valence-electron chi connectivity index (χ2n) is 8.50. The summed E-state index contributed by atoms with van der Waals surface area (Å²) in [6.45, 7) is 5.19. The average Bonchev–Trinajstić information content (AvgIpc) is 2.83. The number of likely N-dealkylation sites (N-methyl/N-ethyl adjacent to an activating group) is 1. The largest absolute Gasteiger partial charge is 0.334 e. The minimum atomic E-state index is -0.699. The number of hydrogen-bond acceptors (Lipinski definition) is 7. The number of fused-ring (bicyclic) bond motifs is 1. The number of aromatic amines is 1. The van der Waals surface area contributed by atoms with Crippen LogP contribution in [-0.2, 0) is 6.54 Å². The number of halogens is 2. The lowest BCUT2D eigenvalue weighted by atomic mass is 10.2. The van der Waals surface area contributed by atoms with Gasteiger partial charge >= 0.3 is 5.69 Å². The lowest BCUT2D eigenvalue weighted by Gasteiger charge is -2.32. The first-order valence-electron chi connectivity index (χ1n) is 11.1. The van der Waals surface area contributed by atoms with Crippen LogP contribution < -0.4 is 16.6 Å². The molecule has 2 aromatic heterocycles. The number of piperazine rings is 1. The first kappa shape index (κ1) is 23.5. The highest BCUT2D eigenvalue weighted by Crippen LogP contribution is 2.26. The second kappa shape index (κ2) is 9.79. The van der Waals surface area contributed by atoms with Gasteiger partial charge in [-0.15, -0.1) is 0 Å². The van der Waals surface area contributed by atoms with E-state index in [0.29, 0.717) is 0 Å². The molecule has 0 bridgehead atoms. The molecule has 0 atom stereocenters. The zero-order chi connectivity index (χ0) is 24.5. The van der Waals surface area contributed by atoms with Crippen LogP contribution in [0.1, 0.15) is 5.56 Å². The first-order valence-corrected chi connectivity index (χ1v) is 11.9. The molecule has 0 spiro atoms. The van der Waals surface area contributed by atoms with E-state index < -0.39 is 11.2 Å². The van der Waals surface area contributed by atoms with Crippen molar-refractivity contribution < 1.29 is 0 Å². The van der Waals surface area contributed by atoms with Crippen molar-refractivity contribution in [3.05, 3.63) is 85.1 Å². The number of benzene rings is 2. The van der Waals surface area contributed by atoms with E-state index in [9.17, 15) is 9.59 Å². The highest BCUT2D eigenvalue weighted by Gasteiger charge is 2.17. The smallest absolute Gasteiger partial charge is 0.324 e. The number of aromatic nitrogens is 4. The van der Waals surface area contributed by atoms with E-state index in [1.807, 2.05) is 12.1 Å². The van der Waals surface area contributed by atoms with Crippen molar-refractivity contribution in [2.75, 3.05) is 38.5 Å². The molecular weight excluding hydrogens is 489 g/mol. The molecule has 1 aliphatic heterocycles. The van der Waals surface area contributed by atoms with Gasteiger partial charge in [-0.25, -0.2) is 14.3 Å². The third kappa shape index (κ3) is 4.94. The number of hydrogen-bond donors (Lipinski definition) is 2. The number of nitrogens with one attached hydrogen (secondary N) is 2. The van der Waals surface area contributed by atoms with Crippen LogP contribution in [0.3, 0.4) is 0 Å². The summed E-state index contributed by atoms with van der Waals surface area (Å²) in [7, 11) is 2.15. The van der Waals surface area contributed by atoms with Crippen LogP contribution >= 0.6 is 23.2 Å². The predicted molar refractivity (Wildman–Crippen MR) is 138 cm³/mol. The van der Waals surface area contributed by atoms with E-state index in [0.717, 1.165) is 43.0 Å². The van der Waals surface area contributed by atoms with Crippen molar-refractivity contribution >= 4 is 45.9 Å². The number of nitrogens with zero attached hydrogens (tertiary/aromatic N) is 5. The maximum absolute atomic E-state index is 13.1. The maximum Gasteiger partial charge on any atom is 0.334 e. The Morgan fingerprint density at radius 2 is 1.69 bits per heavy atom. The van der Waals surface area contributed by atoms with Gasteiger partial charge in [-0.1, -0.05) is 41.4 Å². The van der Waals surface area contributed by atoms with Gasteiger partial charge in [0.05, 0.1) is 15.7 Å². The molecule has 35 heavy (non-hydrogen) atoms. The van der Waals surface area contributed by atoms with Crippen molar-refractivity contribution in [1.29, 1.82) is 0 Å².